The van der Waals surface area contributed by atoms with Crippen LogP contribution in [0.5, 0.6) is 0 Å². The van der Waals surface area contributed by atoms with Crippen LogP contribution in [0.25, 0.3) is 11.4 Å². The Morgan fingerprint density at radius 1 is 1.32 bits per heavy atom. The minimum absolute atomic E-state index is 0.173. The molecule has 2 aromatic rings. The lowest BCUT2D eigenvalue weighted by Gasteiger charge is -2.22. The molecule has 2 aromatic heterocycles. The lowest BCUT2D eigenvalue weighted by Crippen LogP contribution is -2.42. The largest absolute Gasteiger partial charge is 0.481 e. The fourth-order valence-corrected chi connectivity index (χ4v) is 3.78. The van der Waals surface area contributed by atoms with Gasteiger partial charge in [-0.3, -0.25) is 9.59 Å². The Bertz CT molecular complexity index is 713. The van der Waals surface area contributed by atoms with Crippen molar-refractivity contribution in [2.45, 2.75) is 51.0 Å². The number of carbonyl (C=O) groups excluding carboxylic acids is 1. The number of carboxylic acids is 1. The van der Waals surface area contributed by atoms with Crippen LogP contribution in [-0.4, -0.2) is 33.2 Å². The van der Waals surface area contributed by atoms with Gasteiger partial charge >= 0.3 is 5.97 Å². The second-order valence-corrected chi connectivity index (χ2v) is 7.06. The molecule has 0 unspecified atom stereocenters. The van der Waals surface area contributed by atoms with Gasteiger partial charge in [-0.15, -0.1) is 0 Å². The number of thiophene rings is 1. The van der Waals surface area contributed by atoms with Gasteiger partial charge in [0, 0.05) is 29.8 Å². The maximum Gasteiger partial charge on any atom is 0.308 e. The molecule has 1 saturated carbocycles. The quantitative estimate of drug-likeness (QED) is 0.765. The summed E-state index contributed by atoms with van der Waals surface area (Å²) in [4.78, 5) is 27.9. The van der Waals surface area contributed by atoms with Gasteiger partial charge in [0.05, 0.1) is 5.92 Å². The van der Waals surface area contributed by atoms with Crippen molar-refractivity contribution in [2.75, 3.05) is 0 Å². The summed E-state index contributed by atoms with van der Waals surface area (Å²) < 4.78 is 5.18. The van der Waals surface area contributed by atoms with E-state index < -0.39 is 11.9 Å². The average molecular weight is 363 g/mol. The van der Waals surface area contributed by atoms with Gasteiger partial charge < -0.3 is 14.9 Å². The van der Waals surface area contributed by atoms with Crippen LogP contribution in [0.15, 0.2) is 21.3 Å². The van der Waals surface area contributed by atoms with E-state index in [1.165, 1.54) is 0 Å². The topological polar surface area (TPSA) is 105 Å². The molecule has 0 radical (unpaired) electrons. The van der Waals surface area contributed by atoms with Gasteiger partial charge in [0.2, 0.25) is 17.6 Å². The standard InChI is InChI=1S/C17H21N3O4S/c21-14(18-13-5-3-1-2-4-12(13)17(22)23)6-7-15-19-16(20-24-15)11-8-9-25-10-11/h8-10,12-13H,1-7H2,(H,18,21)(H,22,23)/t12-,13+/m1/s1. The van der Waals surface area contributed by atoms with Crippen LogP contribution < -0.4 is 5.32 Å². The Hall–Kier alpha value is -2.22. The predicted molar refractivity (Wildman–Crippen MR) is 92.1 cm³/mol. The second kappa shape index (κ2) is 8.24. The molecular formula is C17H21N3O4S. The van der Waals surface area contributed by atoms with E-state index in [4.69, 9.17) is 4.52 Å². The second-order valence-electron chi connectivity index (χ2n) is 6.28. The Morgan fingerprint density at radius 2 is 2.16 bits per heavy atom. The lowest BCUT2D eigenvalue weighted by molar-refractivity contribution is -0.143. The van der Waals surface area contributed by atoms with Crippen molar-refractivity contribution in [1.29, 1.82) is 0 Å². The van der Waals surface area contributed by atoms with Gasteiger partial charge in [0.1, 0.15) is 0 Å². The van der Waals surface area contributed by atoms with Gasteiger partial charge in [-0.05, 0) is 24.3 Å². The van der Waals surface area contributed by atoms with Gasteiger partial charge in [0.25, 0.3) is 0 Å². The van der Waals surface area contributed by atoms with Crippen molar-refractivity contribution in [1.82, 2.24) is 15.5 Å². The van der Waals surface area contributed by atoms with E-state index in [1.54, 1.807) is 11.3 Å². The van der Waals surface area contributed by atoms with Gasteiger partial charge in [-0.2, -0.15) is 16.3 Å². The molecule has 1 fully saturated rings. The molecule has 0 saturated heterocycles. The molecule has 134 valence electrons. The van der Waals surface area contributed by atoms with E-state index in [9.17, 15) is 14.7 Å². The lowest BCUT2D eigenvalue weighted by atomic mass is 9.94. The summed E-state index contributed by atoms with van der Waals surface area (Å²) in [5, 5.41) is 20.0. The third-order valence-corrected chi connectivity index (χ3v) is 5.18. The molecule has 2 heterocycles. The zero-order valence-electron chi connectivity index (χ0n) is 13.8. The molecule has 2 atom stereocenters. The Labute approximate surface area is 149 Å². The molecule has 1 amide bonds. The predicted octanol–water partition coefficient (Wildman–Crippen LogP) is 2.88. The van der Waals surface area contributed by atoms with Crippen LogP contribution in [0.3, 0.4) is 0 Å². The summed E-state index contributed by atoms with van der Waals surface area (Å²) in [7, 11) is 0. The molecule has 8 heteroatoms. The molecule has 7 nitrogen and oxygen atoms in total. The summed E-state index contributed by atoms with van der Waals surface area (Å²) >= 11 is 1.55. The van der Waals surface area contributed by atoms with Crippen LogP contribution >= 0.6 is 11.3 Å². The fraction of sp³-hybridized carbons (Fsp3) is 0.529. The number of carbonyl (C=O) groups is 2. The summed E-state index contributed by atoms with van der Waals surface area (Å²) in [6.07, 6.45) is 4.74. The fourth-order valence-electron chi connectivity index (χ4n) is 3.14. The van der Waals surface area contributed by atoms with Gasteiger partial charge in [0.15, 0.2) is 0 Å². The Kier molecular flexibility index (Phi) is 5.80. The molecular weight excluding hydrogens is 342 g/mol. The highest BCUT2D eigenvalue weighted by atomic mass is 32.1. The number of rotatable bonds is 6. The van der Waals surface area contributed by atoms with Crippen molar-refractivity contribution >= 4 is 23.2 Å². The monoisotopic (exact) mass is 363 g/mol. The molecule has 1 aliphatic rings. The van der Waals surface area contributed by atoms with Crippen molar-refractivity contribution in [3.63, 3.8) is 0 Å². The van der Waals surface area contributed by atoms with E-state index in [0.717, 1.165) is 24.8 Å². The van der Waals surface area contributed by atoms with Crippen LogP contribution in [0.1, 0.15) is 44.4 Å². The third-order valence-electron chi connectivity index (χ3n) is 4.49. The summed E-state index contributed by atoms with van der Waals surface area (Å²) in [5.41, 5.74) is 0.896. The van der Waals surface area contributed by atoms with Crippen LogP contribution in [0.4, 0.5) is 0 Å². The Morgan fingerprint density at radius 3 is 2.92 bits per heavy atom. The summed E-state index contributed by atoms with van der Waals surface area (Å²) in [5.74, 6) is -0.573. The molecule has 0 bridgehead atoms. The maximum atomic E-state index is 12.2. The highest BCUT2D eigenvalue weighted by Gasteiger charge is 2.30. The first kappa shape index (κ1) is 17.6. The Balaban J connectivity index is 1.53. The molecule has 1 aliphatic carbocycles. The minimum Gasteiger partial charge on any atom is -0.481 e. The molecule has 0 aromatic carbocycles. The summed E-state index contributed by atoms with van der Waals surface area (Å²) in [6.45, 7) is 0. The number of amides is 1. The highest BCUT2D eigenvalue weighted by Crippen LogP contribution is 2.24. The maximum absolute atomic E-state index is 12.2. The van der Waals surface area contributed by atoms with Crippen molar-refractivity contribution in [2.24, 2.45) is 5.92 Å². The molecule has 0 spiro atoms. The zero-order chi connectivity index (χ0) is 17.6. The smallest absolute Gasteiger partial charge is 0.308 e. The molecule has 3 rings (SSSR count). The first-order valence-electron chi connectivity index (χ1n) is 8.51. The number of aliphatic carboxylic acids is 1. The molecule has 0 aliphatic heterocycles. The number of hydrogen-bond donors (Lipinski definition) is 2. The first-order chi connectivity index (χ1) is 12.1. The van der Waals surface area contributed by atoms with E-state index >= 15 is 0 Å². The van der Waals surface area contributed by atoms with Gasteiger partial charge in [-0.25, -0.2) is 0 Å². The summed E-state index contributed by atoms with van der Waals surface area (Å²) in [6, 6.07) is 1.61. The minimum atomic E-state index is -0.829. The zero-order valence-corrected chi connectivity index (χ0v) is 14.6. The third kappa shape index (κ3) is 4.66. The van der Waals surface area contributed by atoms with Crippen molar-refractivity contribution in [3.05, 3.63) is 22.7 Å². The van der Waals surface area contributed by atoms with Crippen molar-refractivity contribution in [3.8, 4) is 11.4 Å². The van der Waals surface area contributed by atoms with Crippen LogP contribution in [-0.2, 0) is 16.0 Å². The van der Waals surface area contributed by atoms with E-state index in [2.05, 4.69) is 15.5 Å². The van der Waals surface area contributed by atoms with E-state index in [-0.39, 0.29) is 18.4 Å². The van der Waals surface area contributed by atoms with Crippen LogP contribution in [0.2, 0.25) is 0 Å². The molecule has 25 heavy (non-hydrogen) atoms. The SMILES string of the molecule is O=C(CCc1nc(-c2ccsc2)no1)N[C@H]1CCCCC[C@H]1C(=O)O. The number of nitrogens with one attached hydrogen (secondary N) is 1. The number of nitrogens with zero attached hydrogens (tertiary/aromatic N) is 2. The average Bonchev–Trinajstić information content (AvgIpc) is 3.21. The van der Waals surface area contributed by atoms with E-state index in [1.807, 2.05) is 16.8 Å². The number of carboxylic acid groups (broad SMARTS) is 1. The number of aryl methyl sites for hydroxylation is 1. The van der Waals surface area contributed by atoms with E-state index in [0.29, 0.717) is 31.0 Å². The highest BCUT2D eigenvalue weighted by molar-refractivity contribution is 7.08. The first-order valence-corrected chi connectivity index (χ1v) is 9.45. The molecule has 2 N–H and O–H groups in total. The van der Waals surface area contributed by atoms with Crippen molar-refractivity contribution < 1.29 is 19.2 Å². The normalized spacial score (nSPS) is 20.8. The number of aromatic nitrogens is 2. The van der Waals surface area contributed by atoms with Crippen LogP contribution in [0, 0.1) is 5.92 Å². The van der Waals surface area contributed by atoms with Gasteiger partial charge in [-0.1, -0.05) is 24.4 Å². The number of hydrogen-bond acceptors (Lipinski definition) is 6.